The van der Waals surface area contributed by atoms with Crippen LogP contribution in [-0.2, 0) is 9.47 Å². The van der Waals surface area contributed by atoms with E-state index >= 15 is 0 Å². The molecule has 2 rings (SSSR count). The molecule has 4 nitrogen and oxygen atoms in total. The van der Waals surface area contributed by atoms with E-state index in [2.05, 4.69) is 10.2 Å². The summed E-state index contributed by atoms with van der Waals surface area (Å²) in [4.78, 5) is 2.31. The van der Waals surface area contributed by atoms with Gasteiger partial charge in [0.05, 0.1) is 12.2 Å². The first-order chi connectivity index (χ1) is 10.2. The van der Waals surface area contributed by atoms with Crippen LogP contribution < -0.4 is 5.32 Å². The smallest absolute Gasteiger partial charge is 0.127 e. The fourth-order valence-corrected chi connectivity index (χ4v) is 2.98. The Labute approximate surface area is 126 Å². The van der Waals surface area contributed by atoms with Gasteiger partial charge in [-0.15, -0.1) is 0 Å². The first-order valence-corrected chi connectivity index (χ1v) is 7.39. The molecular weight excluding hydrogens is 271 g/mol. The van der Waals surface area contributed by atoms with Crippen molar-refractivity contribution in [1.29, 1.82) is 0 Å². The van der Waals surface area contributed by atoms with Crippen LogP contribution in [0.15, 0.2) is 24.3 Å². The number of halogens is 1. The van der Waals surface area contributed by atoms with Crippen LogP contribution >= 0.6 is 0 Å². The van der Waals surface area contributed by atoms with Crippen LogP contribution in [0, 0.1) is 5.82 Å². The van der Waals surface area contributed by atoms with Crippen LogP contribution in [0.2, 0.25) is 0 Å². The van der Waals surface area contributed by atoms with Crippen molar-refractivity contribution in [1.82, 2.24) is 10.2 Å². The maximum atomic E-state index is 13.9. The van der Waals surface area contributed by atoms with Crippen LogP contribution in [0.4, 0.5) is 4.39 Å². The second-order valence-electron chi connectivity index (χ2n) is 5.46. The molecule has 3 atom stereocenters. The van der Waals surface area contributed by atoms with Gasteiger partial charge in [-0.2, -0.15) is 0 Å². The summed E-state index contributed by atoms with van der Waals surface area (Å²) in [6.07, 6.45) is 1.10. The van der Waals surface area contributed by atoms with Crippen molar-refractivity contribution < 1.29 is 13.9 Å². The van der Waals surface area contributed by atoms with Crippen LogP contribution in [0.5, 0.6) is 0 Å². The number of benzene rings is 1. The molecule has 1 heterocycles. The summed E-state index contributed by atoms with van der Waals surface area (Å²) in [5.41, 5.74) is 0.728. The molecule has 21 heavy (non-hydrogen) atoms. The Hall–Kier alpha value is -1.01. The quantitative estimate of drug-likeness (QED) is 0.832. The molecule has 0 bridgehead atoms. The molecule has 1 aliphatic rings. The molecule has 0 radical (unpaired) electrons. The van der Waals surface area contributed by atoms with Gasteiger partial charge in [0.2, 0.25) is 0 Å². The lowest BCUT2D eigenvalue weighted by atomic mass is 10.0. The number of nitrogens with zero attached hydrogens (tertiary/aromatic N) is 1. The van der Waals surface area contributed by atoms with Crippen LogP contribution in [0.25, 0.3) is 0 Å². The first-order valence-electron chi connectivity index (χ1n) is 7.39. The molecule has 1 saturated heterocycles. The SMILES string of the molecule is CNC(CCN1CC(OC)C(OC)C1)c1ccccc1F. The number of hydrogen-bond donors (Lipinski definition) is 1. The summed E-state index contributed by atoms with van der Waals surface area (Å²) in [6, 6.07) is 6.97. The Balaban J connectivity index is 1.91. The number of methoxy groups -OCH3 is 2. The average molecular weight is 296 g/mol. The molecule has 1 N–H and O–H groups in total. The maximum Gasteiger partial charge on any atom is 0.127 e. The lowest BCUT2D eigenvalue weighted by molar-refractivity contribution is -0.00461. The van der Waals surface area contributed by atoms with Gasteiger partial charge in [-0.1, -0.05) is 18.2 Å². The van der Waals surface area contributed by atoms with Crippen molar-refractivity contribution >= 4 is 0 Å². The van der Waals surface area contributed by atoms with Crippen molar-refractivity contribution in [3.63, 3.8) is 0 Å². The molecule has 1 aliphatic heterocycles. The van der Waals surface area contributed by atoms with E-state index in [1.807, 2.05) is 19.2 Å². The average Bonchev–Trinajstić information content (AvgIpc) is 2.92. The van der Waals surface area contributed by atoms with Crippen molar-refractivity contribution in [3.05, 3.63) is 35.6 Å². The molecule has 1 aromatic carbocycles. The van der Waals surface area contributed by atoms with Crippen molar-refractivity contribution in [2.75, 3.05) is 40.9 Å². The Morgan fingerprint density at radius 1 is 1.24 bits per heavy atom. The summed E-state index contributed by atoms with van der Waals surface area (Å²) in [7, 11) is 5.31. The third-order valence-electron chi connectivity index (χ3n) is 4.26. The van der Waals surface area contributed by atoms with Gasteiger partial charge in [-0.25, -0.2) is 4.39 Å². The number of rotatable bonds is 7. The second kappa shape index (κ2) is 7.84. The Kier molecular flexibility index (Phi) is 6.11. The summed E-state index contributed by atoms with van der Waals surface area (Å²) in [6.45, 7) is 2.62. The predicted octanol–water partition coefficient (Wildman–Crippen LogP) is 1.82. The van der Waals surface area contributed by atoms with Gasteiger partial charge in [-0.05, 0) is 19.5 Å². The minimum absolute atomic E-state index is 0.0220. The van der Waals surface area contributed by atoms with E-state index in [-0.39, 0.29) is 24.1 Å². The highest BCUT2D eigenvalue weighted by Gasteiger charge is 2.32. The molecule has 0 saturated carbocycles. The van der Waals surface area contributed by atoms with Gasteiger partial charge in [0.1, 0.15) is 5.82 Å². The van der Waals surface area contributed by atoms with Crippen LogP contribution in [0.1, 0.15) is 18.0 Å². The minimum Gasteiger partial charge on any atom is -0.377 e. The lowest BCUT2D eigenvalue weighted by Gasteiger charge is -2.21. The monoisotopic (exact) mass is 296 g/mol. The molecular formula is C16H25FN2O2. The highest BCUT2D eigenvalue weighted by molar-refractivity contribution is 5.21. The van der Waals surface area contributed by atoms with Crippen molar-refractivity contribution in [3.8, 4) is 0 Å². The third kappa shape index (κ3) is 4.01. The minimum atomic E-state index is -0.150. The summed E-state index contributed by atoms with van der Waals surface area (Å²) >= 11 is 0. The zero-order chi connectivity index (χ0) is 15.2. The lowest BCUT2D eigenvalue weighted by Crippen LogP contribution is -2.28. The van der Waals surface area contributed by atoms with Crippen molar-refractivity contribution in [2.24, 2.45) is 0 Å². The summed E-state index contributed by atoms with van der Waals surface area (Å²) in [5, 5.41) is 3.20. The summed E-state index contributed by atoms with van der Waals surface area (Å²) < 4.78 is 24.7. The first kappa shape index (κ1) is 16.4. The zero-order valence-corrected chi connectivity index (χ0v) is 13.0. The number of ether oxygens (including phenoxy) is 2. The largest absolute Gasteiger partial charge is 0.377 e. The molecule has 5 heteroatoms. The topological polar surface area (TPSA) is 33.7 Å². The Morgan fingerprint density at radius 3 is 2.38 bits per heavy atom. The fourth-order valence-electron chi connectivity index (χ4n) is 2.98. The highest BCUT2D eigenvalue weighted by Crippen LogP contribution is 2.22. The van der Waals surface area contributed by atoms with E-state index in [0.29, 0.717) is 0 Å². The van der Waals surface area contributed by atoms with Crippen LogP contribution in [0.3, 0.4) is 0 Å². The van der Waals surface area contributed by atoms with E-state index in [1.54, 1.807) is 20.3 Å². The molecule has 0 aromatic heterocycles. The molecule has 0 aliphatic carbocycles. The van der Waals surface area contributed by atoms with Crippen LogP contribution in [-0.4, -0.2) is 58.0 Å². The molecule has 3 unspecified atom stereocenters. The van der Waals surface area contributed by atoms with Gasteiger partial charge < -0.3 is 14.8 Å². The van der Waals surface area contributed by atoms with E-state index in [4.69, 9.17) is 9.47 Å². The van der Waals surface area contributed by atoms with E-state index in [0.717, 1.165) is 31.6 Å². The number of nitrogens with one attached hydrogen (secondary N) is 1. The van der Waals surface area contributed by atoms with Crippen molar-refractivity contribution in [2.45, 2.75) is 24.7 Å². The maximum absolute atomic E-state index is 13.9. The van der Waals surface area contributed by atoms with Gasteiger partial charge in [0.15, 0.2) is 0 Å². The highest BCUT2D eigenvalue weighted by atomic mass is 19.1. The van der Waals surface area contributed by atoms with E-state index in [9.17, 15) is 4.39 Å². The molecule has 0 spiro atoms. The summed E-state index contributed by atoms with van der Waals surface area (Å²) in [5.74, 6) is -0.150. The number of likely N-dealkylation sites (tertiary alicyclic amines) is 1. The zero-order valence-electron chi connectivity index (χ0n) is 13.0. The molecule has 0 amide bonds. The molecule has 1 aromatic rings. The second-order valence-corrected chi connectivity index (χ2v) is 5.46. The Bertz CT molecular complexity index is 432. The molecule has 1 fully saturated rings. The number of hydrogen-bond acceptors (Lipinski definition) is 4. The molecule has 118 valence electrons. The van der Waals surface area contributed by atoms with E-state index in [1.165, 1.54) is 6.07 Å². The van der Waals surface area contributed by atoms with Gasteiger partial charge in [-0.3, -0.25) is 4.90 Å². The fraction of sp³-hybridized carbons (Fsp3) is 0.625. The van der Waals surface area contributed by atoms with Gasteiger partial charge in [0.25, 0.3) is 0 Å². The predicted molar refractivity (Wildman–Crippen MR) is 80.9 cm³/mol. The third-order valence-corrected chi connectivity index (χ3v) is 4.26. The Morgan fingerprint density at radius 2 is 1.86 bits per heavy atom. The van der Waals surface area contributed by atoms with E-state index < -0.39 is 0 Å². The normalized spacial score (nSPS) is 24.4. The van der Waals surface area contributed by atoms with Gasteiger partial charge >= 0.3 is 0 Å². The van der Waals surface area contributed by atoms with Gasteiger partial charge in [0, 0.05) is 45.5 Å². The standard InChI is InChI=1S/C16H25FN2O2/c1-18-14(12-6-4-5-7-13(12)17)8-9-19-10-15(20-2)16(11-19)21-3/h4-7,14-16,18H,8-11H2,1-3H3.